The SMILES string of the molecule is COc1ccc(Br)cc1-c1ccc(F)nc1. The van der Waals surface area contributed by atoms with Crippen LogP contribution in [0.4, 0.5) is 4.39 Å². The third kappa shape index (κ3) is 2.22. The molecule has 0 aliphatic carbocycles. The first-order valence-corrected chi connectivity index (χ1v) is 5.45. The third-order valence-corrected chi connectivity index (χ3v) is 2.69. The van der Waals surface area contributed by atoms with E-state index in [0.717, 1.165) is 21.3 Å². The molecule has 0 bridgehead atoms. The van der Waals surface area contributed by atoms with Gasteiger partial charge in [0.25, 0.3) is 0 Å². The standard InChI is InChI=1S/C12H9BrFNO/c1-16-11-4-3-9(13)6-10(11)8-2-5-12(14)15-7-8/h2-7H,1H3. The molecule has 82 valence electrons. The van der Waals surface area contributed by atoms with Crippen molar-refractivity contribution in [1.29, 1.82) is 0 Å². The number of benzene rings is 1. The topological polar surface area (TPSA) is 22.1 Å². The maximum absolute atomic E-state index is 12.7. The van der Waals surface area contributed by atoms with E-state index < -0.39 is 5.95 Å². The summed E-state index contributed by atoms with van der Waals surface area (Å²) in [7, 11) is 1.60. The molecule has 0 aliphatic rings. The van der Waals surface area contributed by atoms with Crippen LogP contribution in [0.5, 0.6) is 5.75 Å². The summed E-state index contributed by atoms with van der Waals surface area (Å²) < 4.78 is 18.9. The van der Waals surface area contributed by atoms with Gasteiger partial charge < -0.3 is 4.74 Å². The number of methoxy groups -OCH3 is 1. The van der Waals surface area contributed by atoms with Crippen molar-refractivity contribution >= 4 is 15.9 Å². The molecule has 0 unspecified atom stereocenters. The molecule has 2 rings (SSSR count). The highest BCUT2D eigenvalue weighted by molar-refractivity contribution is 9.10. The Labute approximate surface area is 101 Å². The van der Waals surface area contributed by atoms with E-state index in [2.05, 4.69) is 20.9 Å². The van der Waals surface area contributed by atoms with Crippen molar-refractivity contribution in [3.05, 3.63) is 46.9 Å². The van der Waals surface area contributed by atoms with Gasteiger partial charge in [0.1, 0.15) is 5.75 Å². The number of pyridine rings is 1. The minimum Gasteiger partial charge on any atom is -0.496 e. The number of hydrogen-bond acceptors (Lipinski definition) is 2. The van der Waals surface area contributed by atoms with Crippen LogP contribution in [0.25, 0.3) is 11.1 Å². The fraction of sp³-hybridized carbons (Fsp3) is 0.0833. The molecule has 0 aliphatic heterocycles. The molecular formula is C12H9BrFNO. The maximum atomic E-state index is 12.7. The zero-order chi connectivity index (χ0) is 11.5. The van der Waals surface area contributed by atoms with Gasteiger partial charge >= 0.3 is 0 Å². The minimum absolute atomic E-state index is 0.488. The molecule has 16 heavy (non-hydrogen) atoms. The Balaban J connectivity index is 2.53. The van der Waals surface area contributed by atoms with Crippen LogP contribution >= 0.6 is 15.9 Å². The molecule has 0 radical (unpaired) electrons. The summed E-state index contributed by atoms with van der Waals surface area (Å²) in [6.07, 6.45) is 1.49. The van der Waals surface area contributed by atoms with E-state index in [1.54, 1.807) is 13.2 Å². The zero-order valence-corrected chi connectivity index (χ0v) is 10.2. The molecule has 1 aromatic heterocycles. The number of rotatable bonds is 2. The van der Waals surface area contributed by atoms with Crippen LogP contribution < -0.4 is 4.74 Å². The Morgan fingerprint density at radius 3 is 2.69 bits per heavy atom. The van der Waals surface area contributed by atoms with E-state index in [1.165, 1.54) is 12.3 Å². The van der Waals surface area contributed by atoms with Gasteiger partial charge in [-0.15, -0.1) is 0 Å². The van der Waals surface area contributed by atoms with Gasteiger partial charge in [-0.25, -0.2) is 4.98 Å². The molecule has 0 saturated heterocycles. The van der Waals surface area contributed by atoms with Crippen molar-refractivity contribution < 1.29 is 9.13 Å². The first-order chi connectivity index (χ1) is 7.70. The van der Waals surface area contributed by atoms with Gasteiger partial charge in [0.2, 0.25) is 5.95 Å². The average molecular weight is 282 g/mol. The van der Waals surface area contributed by atoms with Crippen molar-refractivity contribution in [2.24, 2.45) is 0 Å². The lowest BCUT2D eigenvalue weighted by atomic mass is 10.1. The van der Waals surface area contributed by atoms with Crippen molar-refractivity contribution in [3.63, 3.8) is 0 Å². The molecular weight excluding hydrogens is 273 g/mol. The Kier molecular flexibility index (Phi) is 3.19. The van der Waals surface area contributed by atoms with Gasteiger partial charge in [-0.1, -0.05) is 15.9 Å². The molecule has 0 fully saturated rings. The van der Waals surface area contributed by atoms with Gasteiger partial charge in [0, 0.05) is 21.8 Å². The highest BCUT2D eigenvalue weighted by Crippen LogP contribution is 2.32. The first kappa shape index (κ1) is 11.1. The van der Waals surface area contributed by atoms with Crippen molar-refractivity contribution in [3.8, 4) is 16.9 Å². The zero-order valence-electron chi connectivity index (χ0n) is 8.58. The van der Waals surface area contributed by atoms with Crippen molar-refractivity contribution in [1.82, 2.24) is 4.98 Å². The Hall–Kier alpha value is -1.42. The minimum atomic E-state index is -0.488. The molecule has 4 heteroatoms. The number of ether oxygens (including phenoxy) is 1. The lowest BCUT2D eigenvalue weighted by molar-refractivity contribution is 0.416. The van der Waals surface area contributed by atoms with Crippen LogP contribution in [0.3, 0.4) is 0 Å². The summed E-state index contributed by atoms with van der Waals surface area (Å²) in [6.45, 7) is 0. The predicted octanol–water partition coefficient (Wildman–Crippen LogP) is 3.66. The molecule has 0 N–H and O–H groups in total. The van der Waals surface area contributed by atoms with Gasteiger partial charge in [0.15, 0.2) is 0 Å². The second kappa shape index (κ2) is 4.61. The summed E-state index contributed by atoms with van der Waals surface area (Å²) in [5.74, 6) is 0.245. The van der Waals surface area contributed by atoms with E-state index >= 15 is 0 Å². The van der Waals surface area contributed by atoms with E-state index in [0.29, 0.717) is 0 Å². The fourth-order valence-electron chi connectivity index (χ4n) is 1.44. The normalized spacial score (nSPS) is 10.2. The maximum Gasteiger partial charge on any atom is 0.212 e. The Bertz CT molecular complexity index is 499. The van der Waals surface area contributed by atoms with Crippen LogP contribution in [-0.2, 0) is 0 Å². The van der Waals surface area contributed by atoms with Gasteiger partial charge in [0.05, 0.1) is 7.11 Å². The first-order valence-electron chi connectivity index (χ1n) is 4.66. The average Bonchev–Trinajstić information content (AvgIpc) is 2.30. The fourth-order valence-corrected chi connectivity index (χ4v) is 1.80. The molecule has 0 atom stereocenters. The summed E-state index contributed by atoms with van der Waals surface area (Å²) in [5, 5.41) is 0. The largest absolute Gasteiger partial charge is 0.496 e. The predicted molar refractivity (Wildman–Crippen MR) is 63.9 cm³/mol. The molecule has 2 aromatic rings. The van der Waals surface area contributed by atoms with E-state index in [9.17, 15) is 4.39 Å². The van der Waals surface area contributed by atoms with E-state index in [1.807, 2.05) is 18.2 Å². The highest BCUT2D eigenvalue weighted by Gasteiger charge is 2.06. The van der Waals surface area contributed by atoms with Crippen LogP contribution in [0, 0.1) is 5.95 Å². The van der Waals surface area contributed by atoms with Crippen LogP contribution in [0.15, 0.2) is 41.0 Å². The lowest BCUT2D eigenvalue weighted by Crippen LogP contribution is -1.89. The summed E-state index contributed by atoms with van der Waals surface area (Å²) in [6, 6.07) is 8.65. The number of halogens is 2. The Morgan fingerprint density at radius 2 is 2.06 bits per heavy atom. The van der Waals surface area contributed by atoms with Crippen molar-refractivity contribution in [2.75, 3.05) is 7.11 Å². The quantitative estimate of drug-likeness (QED) is 0.784. The number of aromatic nitrogens is 1. The Morgan fingerprint density at radius 1 is 1.25 bits per heavy atom. The lowest BCUT2D eigenvalue weighted by Gasteiger charge is -2.08. The molecule has 0 spiro atoms. The highest BCUT2D eigenvalue weighted by atomic mass is 79.9. The second-order valence-corrected chi connectivity index (χ2v) is 4.13. The van der Waals surface area contributed by atoms with E-state index in [-0.39, 0.29) is 0 Å². The molecule has 0 saturated carbocycles. The van der Waals surface area contributed by atoms with Gasteiger partial charge in [-0.05, 0) is 30.3 Å². The van der Waals surface area contributed by atoms with Crippen molar-refractivity contribution in [2.45, 2.75) is 0 Å². The second-order valence-electron chi connectivity index (χ2n) is 3.21. The number of nitrogens with zero attached hydrogens (tertiary/aromatic N) is 1. The van der Waals surface area contributed by atoms with Crippen LogP contribution in [-0.4, -0.2) is 12.1 Å². The smallest absolute Gasteiger partial charge is 0.212 e. The monoisotopic (exact) mass is 281 g/mol. The summed E-state index contributed by atoms with van der Waals surface area (Å²) in [4.78, 5) is 3.62. The summed E-state index contributed by atoms with van der Waals surface area (Å²) in [5.41, 5.74) is 1.70. The number of hydrogen-bond donors (Lipinski definition) is 0. The molecule has 0 amide bonds. The molecule has 1 heterocycles. The van der Waals surface area contributed by atoms with Gasteiger partial charge in [-0.3, -0.25) is 0 Å². The van der Waals surface area contributed by atoms with Gasteiger partial charge in [-0.2, -0.15) is 4.39 Å². The summed E-state index contributed by atoms with van der Waals surface area (Å²) >= 11 is 3.39. The van der Waals surface area contributed by atoms with Crippen LogP contribution in [0.1, 0.15) is 0 Å². The van der Waals surface area contributed by atoms with Crippen LogP contribution in [0.2, 0.25) is 0 Å². The molecule has 2 nitrogen and oxygen atoms in total. The molecule has 1 aromatic carbocycles. The third-order valence-electron chi connectivity index (χ3n) is 2.20. The van der Waals surface area contributed by atoms with E-state index in [4.69, 9.17) is 4.74 Å².